The van der Waals surface area contributed by atoms with Gasteiger partial charge in [-0.05, 0) is 49.9 Å². The number of fused-ring (bicyclic) bond motifs is 1. The minimum Gasteiger partial charge on any atom is -0.490 e. The van der Waals surface area contributed by atoms with Crippen molar-refractivity contribution in [2.45, 2.75) is 37.5 Å². The van der Waals surface area contributed by atoms with Gasteiger partial charge in [0.1, 0.15) is 18.2 Å². The number of benzene rings is 1. The quantitative estimate of drug-likeness (QED) is 0.767. The number of carbonyl (C=O) groups excluding carboxylic acids is 1. The molecule has 1 fully saturated rings. The Balaban J connectivity index is 1.52. The first-order valence-electron chi connectivity index (χ1n) is 9.35. The number of ether oxygens (including phenoxy) is 1. The van der Waals surface area contributed by atoms with E-state index in [1.807, 2.05) is 6.92 Å². The summed E-state index contributed by atoms with van der Waals surface area (Å²) in [5, 5.41) is 3.10. The fraction of sp³-hybridized carbons (Fsp3) is 0.350. The van der Waals surface area contributed by atoms with Crippen LogP contribution in [0.3, 0.4) is 0 Å². The summed E-state index contributed by atoms with van der Waals surface area (Å²) in [5.41, 5.74) is 7.83. The van der Waals surface area contributed by atoms with Gasteiger partial charge in [0, 0.05) is 17.5 Å². The summed E-state index contributed by atoms with van der Waals surface area (Å²) >= 11 is 0. The van der Waals surface area contributed by atoms with E-state index in [2.05, 4.69) is 14.7 Å². The van der Waals surface area contributed by atoms with Gasteiger partial charge < -0.3 is 15.8 Å². The Morgan fingerprint density at radius 2 is 2.10 bits per heavy atom. The smallest absolute Gasteiger partial charge is 0.259 e. The van der Waals surface area contributed by atoms with E-state index in [4.69, 9.17) is 10.5 Å². The summed E-state index contributed by atoms with van der Waals surface area (Å²) in [5.74, 6) is 0.0320. The van der Waals surface area contributed by atoms with Crippen LogP contribution in [0.4, 0.5) is 0 Å². The Bertz CT molecular complexity index is 1110. The molecule has 8 nitrogen and oxygen atoms in total. The van der Waals surface area contributed by atoms with E-state index in [9.17, 15) is 13.2 Å². The minimum absolute atomic E-state index is 0.0687. The van der Waals surface area contributed by atoms with E-state index in [1.54, 1.807) is 36.5 Å². The molecule has 0 unspecified atom stereocenters. The zero-order valence-corrected chi connectivity index (χ0v) is 16.8. The van der Waals surface area contributed by atoms with E-state index >= 15 is 0 Å². The van der Waals surface area contributed by atoms with Gasteiger partial charge in [-0.2, -0.15) is 0 Å². The Morgan fingerprint density at radius 1 is 1.31 bits per heavy atom. The lowest BCUT2D eigenvalue weighted by atomic mass is 9.77. The molecule has 0 saturated heterocycles. The molecule has 2 aliphatic rings. The van der Waals surface area contributed by atoms with Gasteiger partial charge >= 0.3 is 0 Å². The highest BCUT2D eigenvalue weighted by Crippen LogP contribution is 2.34. The summed E-state index contributed by atoms with van der Waals surface area (Å²) in [4.78, 5) is 16.8. The number of rotatable bonds is 5. The number of aryl methyl sites for hydroxylation is 1. The normalized spacial score (nSPS) is 18.7. The molecule has 0 spiro atoms. The van der Waals surface area contributed by atoms with E-state index in [1.165, 1.54) is 0 Å². The molecule has 2 aromatic rings. The molecule has 0 radical (unpaired) electrons. The molecule has 1 saturated carbocycles. The third-order valence-electron chi connectivity index (χ3n) is 5.30. The summed E-state index contributed by atoms with van der Waals surface area (Å²) in [6.07, 6.45) is 4.21. The van der Waals surface area contributed by atoms with E-state index < -0.39 is 15.6 Å². The number of nitrogens with one attached hydrogen (secondary N) is 1. The molecule has 1 aliphatic heterocycles. The van der Waals surface area contributed by atoms with Crippen molar-refractivity contribution in [3.63, 3.8) is 0 Å². The van der Waals surface area contributed by atoms with Crippen LogP contribution in [0.5, 0.6) is 5.75 Å². The lowest BCUT2D eigenvalue weighted by Gasteiger charge is -2.42. The highest BCUT2D eigenvalue weighted by Gasteiger charge is 2.40. The molecule has 29 heavy (non-hydrogen) atoms. The van der Waals surface area contributed by atoms with Gasteiger partial charge in [-0.1, -0.05) is 12.1 Å². The van der Waals surface area contributed by atoms with Crippen molar-refractivity contribution in [3.8, 4) is 5.75 Å². The van der Waals surface area contributed by atoms with Crippen molar-refractivity contribution in [2.24, 2.45) is 10.1 Å². The fourth-order valence-corrected chi connectivity index (χ4v) is 4.75. The van der Waals surface area contributed by atoms with Crippen molar-refractivity contribution in [3.05, 3.63) is 58.9 Å². The van der Waals surface area contributed by atoms with Crippen molar-refractivity contribution >= 4 is 21.8 Å². The van der Waals surface area contributed by atoms with Gasteiger partial charge in [0.05, 0.1) is 16.9 Å². The molecule has 1 aromatic heterocycles. The summed E-state index contributed by atoms with van der Waals surface area (Å²) < 4.78 is 33.3. The summed E-state index contributed by atoms with van der Waals surface area (Å²) in [6.45, 7) is 2.10. The van der Waals surface area contributed by atoms with Crippen LogP contribution in [0, 0.1) is 6.92 Å². The Labute approximate surface area is 169 Å². The average Bonchev–Trinajstić information content (AvgIpc) is 2.62. The molecule has 3 N–H and O–H groups in total. The second-order valence-corrected chi connectivity index (χ2v) is 9.19. The molecule has 0 bridgehead atoms. The average molecular weight is 414 g/mol. The number of hydrogen-bond donors (Lipinski definition) is 2. The van der Waals surface area contributed by atoms with Crippen LogP contribution in [0.1, 0.15) is 46.4 Å². The topological polar surface area (TPSA) is 124 Å². The van der Waals surface area contributed by atoms with Crippen molar-refractivity contribution in [2.75, 3.05) is 6.61 Å². The standard InChI is InChI=1S/C20H22N4O4S/c1-13-10-14(6-9-22-13)19(25)23-20(7-3-8-20)12-28-16-5-2-4-15-11-29(26,27)24-18(21)17(15)16/h2,4-6,9-10H,3,7-8,11-12H2,1H3,(H2,21,24)(H,23,25). The number of aromatic nitrogens is 1. The van der Waals surface area contributed by atoms with Gasteiger partial charge in [-0.3, -0.25) is 9.78 Å². The first kappa shape index (κ1) is 19.4. The molecule has 0 atom stereocenters. The van der Waals surface area contributed by atoms with Crippen molar-refractivity contribution < 1.29 is 17.9 Å². The third-order valence-corrected chi connectivity index (χ3v) is 6.45. The summed E-state index contributed by atoms with van der Waals surface area (Å²) in [7, 11) is -3.60. The zero-order valence-electron chi connectivity index (χ0n) is 16.0. The van der Waals surface area contributed by atoms with Crippen LogP contribution in [0.15, 0.2) is 40.9 Å². The molecule has 9 heteroatoms. The predicted octanol–water partition coefficient (Wildman–Crippen LogP) is 1.67. The maximum absolute atomic E-state index is 12.7. The van der Waals surface area contributed by atoms with Gasteiger partial charge in [0.25, 0.3) is 15.9 Å². The van der Waals surface area contributed by atoms with Crippen LogP contribution in [0.2, 0.25) is 0 Å². The van der Waals surface area contributed by atoms with Crippen LogP contribution in [-0.4, -0.2) is 37.3 Å². The molecule has 2 heterocycles. The second-order valence-electron chi connectivity index (χ2n) is 7.56. The van der Waals surface area contributed by atoms with E-state index in [-0.39, 0.29) is 24.1 Å². The van der Waals surface area contributed by atoms with E-state index in [0.717, 1.165) is 25.0 Å². The molecular formula is C20H22N4O4S. The first-order chi connectivity index (χ1) is 13.8. The highest BCUT2D eigenvalue weighted by molar-refractivity contribution is 7.89. The number of pyridine rings is 1. The van der Waals surface area contributed by atoms with Gasteiger partial charge in [-0.15, -0.1) is 4.40 Å². The summed E-state index contributed by atoms with van der Waals surface area (Å²) in [6, 6.07) is 8.59. The molecule has 152 valence electrons. The maximum atomic E-state index is 12.7. The minimum atomic E-state index is -3.60. The molecule has 4 rings (SSSR count). The number of amidine groups is 1. The maximum Gasteiger partial charge on any atom is 0.259 e. The molecule has 1 aromatic carbocycles. The predicted molar refractivity (Wildman–Crippen MR) is 108 cm³/mol. The van der Waals surface area contributed by atoms with Crippen LogP contribution >= 0.6 is 0 Å². The zero-order chi connectivity index (χ0) is 20.6. The Morgan fingerprint density at radius 3 is 2.79 bits per heavy atom. The van der Waals surface area contributed by atoms with Crippen LogP contribution < -0.4 is 15.8 Å². The highest BCUT2D eigenvalue weighted by atomic mass is 32.2. The second kappa shape index (κ2) is 7.14. The first-order valence-corrected chi connectivity index (χ1v) is 11.0. The Kier molecular flexibility index (Phi) is 4.77. The largest absolute Gasteiger partial charge is 0.490 e. The monoisotopic (exact) mass is 414 g/mol. The fourth-order valence-electron chi connectivity index (χ4n) is 3.66. The van der Waals surface area contributed by atoms with Crippen molar-refractivity contribution in [1.82, 2.24) is 10.3 Å². The number of sulfonamides is 1. The lowest BCUT2D eigenvalue weighted by molar-refractivity contribution is 0.0691. The number of amides is 1. The van der Waals surface area contributed by atoms with Gasteiger partial charge in [-0.25, -0.2) is 8.42 Å². The van der Waals surface area contributed by atoms with Crippen LogP contribution in [0.25, 0.3) is 0 Å². The number of nitrogens with zero attached hydrogens (tertiary/aromatic N) is 2. The number of carbonyl (C=O) groups is 1. The molecular weight excluding hydrogens is 392 g/mol. The number of hydrogen-bond acceptors (Lipinski definition) is 6. The van der Waals surface area contributed by atoms with Gasteiger partial charge in [0.15, 0.2) is 0 Å². The third kappa shape index (κ3) is 3.95. The Hall–Kier alpha value is -2.94. The molecule has 1 aliphatic carbocycles. The van der Waals surface area contributed by atoms with Crippen molar-refractivity contribution in [1.29, 1.82) is 0 Å². The SMILES string of the molecule is Cc1cc(C(=O)NC2(COc3cccc4c3C(N)=NS(=O)(=O)C4)CCC2)ccn1. The number of nitrogens with two attached hydrogens (primary N) is 1. The lowest BCUT2D eigenvalue weighted by Crippen LogP contribution is -2.57. The molecule has 1 amide bonds. The van der Waals surface area contributed by atoms with Crippen LogP contribution in [-0.2, 0) is 15.8 Å². The van der Waals surface area contributed by atoms with E-state index in [0.29, 0.717) is 22.4 Å². The van der Waals surface area contributed by atoms with Gasteiger partial charge in [0.2, 0.25) is 0 Å².